The van der Waals surface area contributed by atoms with Crippen molar-refractivity contribution in [1.82, 2.24) is 24.0 Å². The third-order valence-electron chi connectivity index (χ3n) is 5.43. The molecule has 30 heavy (non-hydrogen) atoms. The predicted octanol–water partition coefficient (Wildman–Crippen LogP) is -1.42. The van der Waals surface area contributed by atoms with Crippen molar-refractivity contribution in [2.24, 2.45) is 14.1 Å². The molecule has 2 aromatic rings. The standard InChI is InChI=1S/C16H22N6O7.ClH/c1-19-14-11(15(23)20(2)16(19)24)21(8-18-14)5-3-4-17-9-6-27-13-10(29-22(25)26)7-28-12(9)13;/h8-10,12-13,17H,3-7H2,1-2H3;1H/t9-,10?,12?,13?;/m0./s1. The van der Waals surface area contributed by atoms with Crippen LogP contribution in [0.5, 0.6) is 0 Å². The minimum atomic E-state index is -0.823. The predicted molar refractivity (Wildman–Crippen MR) is 105 cm³/mol. The third kappa shape index (κ3) is 3.80. The largest absolute Gasteiger partial charge is 0.371 e. The summed E-state index contributed by atoms with van der Waals surface area (Å²) >= 11 is 0. The molecule has 0 aromatic carbocycles. The third-order valence-corrected chi connectivity index (χ3v) is 5.43. The van der Waals surface area contributed by atoms with Crippen LogP contribution >= 0.6 is 12.4 Å². The lowest BCUT2D eigenvalue weighted by atomic mass is 10.1. The number of halogens is 1. The van der Waals surface area contributed by atoms with Crippen molar-refractivity contribution in [2.45, 2.75) is 37.3 Å². The molecule has 2 fully saturated rings. The molecule has 0 spiro atoms. The minimum Gasteiger partial charge on any atom is -0.371 e. The van der Waals surface area contributed by atoms with Gasteiger partial charge in [-0.2, -0.15) is 0 Å². The lowest BCUT2D eigenvalue weighted by molar-refractivity contribution is -0.769. The molecule has 0 saturated carbocycles. The summed E-state index contributed by atoms with van der Waals surface area (Å²) in [5.41, 5.74) is -0.0510. The van der Waals surface area contributed by atoms with Gasteiger partial charge in [0.05, 0.1) is 25.6 Å². The van der Waals surface area contributed by atoms with Crippen molar-refractivity contribution in [3.63, 3.8) is 0 Å². The van der Waals surface area contributed by atoms with Crippen LogP contribution in [-0.2, 0) is 35.0 Å². The quantitative estimate of drug-likeness (QED) is 0.307. The molecule has 3 unspecified atom stereocenters. The summed E-state index contributed by atoms with van der Waals surface area (Å²) in [4.78, 5) is 43.8. The molecule has 14 heteroatoms. The van der Waals surface area contributed by atoms with E-state index in [0.717, 1.165) is 4.57 Å². The lowest BCUT2D eigenvalue weighted by Crippen LogP contribution is -2.42. The van der Waals surface area contributed by atoms with Gasteiger partial charge in [-0.25, -0.2) is 9.78 Å². The Hall–Kier alpha value is -2.48. The first kappa shape index (κ1) is 22.2. The summed E-state index contributed by atoms with van der Waals surface area (Å²) < 4.78 is 15.4. The van der Waals surface area contributed by atoms with E-state index in [2.05, 4.69) is 15.1 Å². The maximum atomic E-state index is 12.4. The van der Waals surface area contributed by atoms with Crippen LogP contribution in [0.3, 0.4) is 0 Å². The fourth-order valence-corrected chi connectivity index (χ4v) is 3.94. The molecule has 13 nitrogen and oxygen atoms in total. The zero-order valence-electron chi connectivity index (χ0n) is 16.4. The van der Waals surface area contributed by atoms with Crippen LogP contribution in [0, 0.1) is 10.1 Å². The van der Waals surface area contributed by atoms with Crippen LogP contribution in [0.1, 0.15) is 6.42 Å². The van der Waals surface area contributed by atoms with Gasteiger partial charge in [0.25, 0.3) is 10.6 Å². The Bertz CT molecular complexity index is 1050. The monoisotopic (exact) mass is 446 g/mol. The van der Waals surface area contributed by atoms with E-state index in [1.54, 1.807) is 17.9 Å². The van der Waals surface area contributed by atoms with Crippen molar-refractivity contribution in [1.29, 1.82) is 0 Å². The summed E-state index contributed by atoms with van der Waals surface area (Å²) in [7, 11) is 3.02. The molecule has 1 N–H and O–H groups in total. The molecule has 4 atom stereocenters. The van der Waals surface area contributed by atoms with Crippen LogP contribution in [0.2, 0.25) is 0 Å². The molecule has 2 saturated heterocycles. The number of rotatable bonds is 7. The average molecular weight is 447 g/mol. The van der Waals surface area contributed by atoms with Crippen LogP contribution < -0.4 is 16.6 Å². The molecule has 4 rings (SSSR count). The Balaban J connectivity index is 0.00000256. The number of ether oxygens (including phenoxy) is 2. The van der Waals surface area contributed by atoms with Crippen LogP contribution in [0.15, 0.2) is 15.9 Å². The number of aromatic nitrogens is 4. The highest BCUT2D eigenvalue weighted by atomic mass is 35.5. The molecule has 2 aromatic heterocycles. The second kappa shape index (κ2) is 8.71. The molecule has 4 heterocycles. The van der Waals surface area contributed by atoms with E-state index >= 15 is 0 Å². The van der Waals surface area contributed by atoms with Gasteiger partial charge in [0.15, 0.2) is 17.3 Å². The topological polar surface area (TPSA) is 145 Å². The molecule has 0 amide bonds. The van der Waals surface area contributed by atoms with E-state index in [9.17, 15) is 19.7 Å². The molecule has 0 radical (unpaired) electrons. The van der Waals surface area contributed by atoms with E-state index in [0.29, 0.717) is 37.3 Å². The van der Waals surface area contributed by atoms with Gasteiger partial charge in [-0.05, 0) is 13.0 Å². The fraction of sp³-hybridized carbons (Fsp3) is 0.688. The zero-order valence-corrected chi connectivity index (χ0v) is 17.2. The number of aryl methyl sites for hydroxylation is 2. The van der Waals surface area contributed by atoms with Gasteiger partial charge in [-0.3, -0.25) is 13.9 Å². The Morgan fingerprint density at radius 1 is 1.27 bits per heavy atom. The summed E-state index contributed by atoms with van der Waals surface area (Å²) in [6, 6.07) is -0.0893. The number of hydrogen-bond donors (Lipinski definition) is 1. The molecule has 0 aliphatic carbocycles. The van der Waals surface area contributed by atoms with E-state index < -0.39 is 23.0 Å². The second-order valence-electron chi connectivity index (χ2n) is 7.19. The molecule has 0 bridgehead atoms. The molecule has 166 valence electrons. The molecular formula is C16H23ClN6O7. The minimum absolute atomic E-state index is 0. The van der Waals surface area contributed by atoms with Crippen molar-refractivity contribution in [3.05, 3.63) is 37.3 Å². The molecule has 2 aliphatic heterocycles. The Morgan fingerprint density at radius 3 is 2.73 bits per heavy atom. The Kier molecular flexibility index (Phi) is 6.45. The summed E-state index contributed by atoms with van der Waals surface area (Å²) in [6.45, 7) is 1.65. The SMILES string of the molecule is Cl.Cn1c(=O)c2c(ncn2CCCN[C@H]2COC3C(O[N+](=O)[O-])COC32)n(C)c1=O. The number of hydrogen-bond acceptors (Lipinski definition) is 9. The highest BCUT2D eigenvalue weighted by Gasteiger charge is 2.49. The van der Waals surface area contributed by atoms with Crippen LogP contribution in [-0.4, -0.2) is 67.9 Å². The second-order valence-corrected chi connectivity index (χ2v) is 7.19. The highest BCUT2D eigenvalue weighted by molar-refractivity contribution is 5.85. The van der Waals surface area contributed by atoms with Crippen LogP contribution in [0.25, 0.3) is 11.2 Å². The molecular weight excluding hydrogens is 424 g/mol. The first-order valence-electron chi connectivity index (χ1n) is 9.27. The number of imidazole rings is 1. The van der Waals surface area contributed by atoms with Crippen molar-refractivity contribution in [3.8, 4) is 0 Å². The maximum absolute atomic E-state index is 12.4. The lowest BCUT2D eigenvalue weighted by Gasteiger charge is -2.17. The number of fused-ring (bicyclic) bond motifs is 2. The fourth-order valence-electron chi connectivity index (χ4n) is 3.94. The van der Waals surface area contributed by atoms with Gasteiger partial charge in [0.2, 0.25) is 0 Å². The highest BCUT2D eigenvalue weighted by Crippen LogP contribution is 2.28. The van der Waals surface area contributed by atoms with E-state index in [-0.39, 0.29) is 36.7 Å². The van der Waals surface area contributed by atoms with Gasteiger partial charge in [-0.1, -0.05) is 0 Å². The summed E-state index contributed by atoms with van der Waals surface area (Å²) in [5.74, 6) is 0. The van der Waals surface area contributed by atoms with Gasteiger partial charge >= 0.3 is 5.69 Å². The summed E-state index contributed by atoms with van der Waals surface area (Å²) in [6.07, 6.45) is 0.789. The maximum Gasteiger partial charge on any atom is 0.332 e. The van der Waals surface area contributed by atoms with Crippen molar-refractivity contribution in [2.75, 3.05) is 19.8 Å². The normalized spacial score (nSPS) is 25.3. The van der Waals surface area contributed by atoms with Gasteiger partial charge in [-0.15, -0.1) is 22.5 Å². The van der Waals surface area contributed by atoms with Crippen molar-refractivity contribution < 1.29 is 19.4 Å². The van der Waals surface area contributed by atoms with E-state index in [4.69, 9.17) is 9.47 Å². The molecule has 2 aliphatic rings. The number of nitrogens with zero attached hydrogens (tertiary/aromatic N) is 5. The van der Waals surface area contributed by atoms with Gasteiger partial charge < -0.3 is 24.2 Å². The van der Waals surface area contributed by atoms with Crippen LogP contribution in [0.4, 0.5) is 0 Å². The van der Waals surface area contributed by atoms with Gasteiger partial charge in [0.1, 0.15) is 12.2 Å². The Labute approximate surface area is 176 Å². The number of nitrogens with one attached hydrogen (secondary N) is 1. The van der Waals surface area contributed by atoms with Gasteiger partial charge in [0, 0.05) is 20.6 Å². The van der Waals surface area contributed by atoms with E-state index in [1.807, 2.05) is 0 Å². The Morgan fingerprint density at radius 2 is 2.00 bits per heavy atom. The first-order valence-corrected chi connectivity index (χ1v) is 9.27. The zero-order chi connectivity index (χ0) is 20.7. The summed E-state index contributed by atoms with van der Waals surface area (Å²) in [5, 5.41) is 13.0. The average Bonchev–Trinajstić information content (AvgIpc) is 3.38. The van der Waals surface area contributed by atoms with E-state index in [1.165, 1.54) is 11.6 Å². The first-order chi connectivity index (χ1) is 13.9. The smallest absolute Gasteiger partial charge is 0.332 e. The van der Waals surface area contributed by atoms with Crippen molar-refractivity contribution >= 4 is 23.6 Å².